The van der Waals surface area contributed by atoms with Gasteiger partial charge in [-0.3, -0.25) is 4.79 Å². The summed E-state index contributed by atoms with van der Waals surface area (Å²) in [6.07, 6.45) is 0. The fourth-order valence-corrected chi connectivity index (χ4v) is 0.504. The van der Waals surface area contributed by atoms with E-state index in [0.717, 1.165) is 0 Å². The maximum absolute atomic E-state index is 10.6. The molecule has 0 atom stereocenters. The largest absolute Gasteiger partial charge is 0.481 e. The molecule has 0 aliphatic heterocycles. The van der Waals surface area contributed by atoms with Crippen molar-refractivity contribution in [2.75, 3.05) is 0 Å². The molecule has 0 unspecified atom stereocenters. The molecule has 0 aliphatic carbocycles. The van der Waals surface area contributed by atoms with E-state index in [1.54, 1.807) is 21.0 Å². The maximum Gasteiger partial charge on any atom is 0.300 e. The van der Waals surface area contributed by atoms with Crippen LogP contribution >= 0.6 is 0 Å². The summed E-state index contributed by atoms with van der Waals surface area (Å²) < 4.78 is 0. The number of hydrogen-bond acceptors (Lipinski definition) is 1. The summed E-state index contributed by atoms with van der Waals surface area (Å²) >= 11 is 0. The highest BCUT2D eigenvalue weighted by atomic mass is 16.4. The van der Waals surface area contributed by atoms with Crippen LogP contribution in [0.15, 0.2) is 0 Å². The third-order valence-corrected chi connectivity index (χ3v) is 1.45. The molecule has 0 aliphatic rings. The molecule has 0 fully saturated rings. The lowest BCUT2D eigenvalue weighted by Gasteiger charge is -2.18. The maximum atomic E-state index is 10.6. The fraction of sp³-hybridized carbons (Fsp3) is 0.857. The first-order valence-electron chi connectivity index (χ1n) is 3.79. The second-order valence-electron chi connectivity index (χ2n) is 3.63. The molecule has 0 aromatic rings. The monoisotopic (exact) mass is 152 g/mol. The molecule has 0 saturated carbocycles. The lowest BCUT2D eigenvalue weighted by atomic mass is 9.26. The van der Waals surface area contributed by atoms with Crippen molar-refractivity contribution in [3.63, 3.8) is 0 Å². The molecule has 4 heteroatoms. The minimum absolute atomic E-state index is 0.411. The second-order valence-corrected chi connectivity index (χ2v) is 3.63. The van der Waals surface area contributed by atoms with Crippen LogP contribution in [0.25, 0.3) is 0 Å². The zero-order chi connectivity index (χ0) is 9.07. The smallest absolute Gasteiger partial charge is 0.300 e. The Morgan fingerprint density at radius 2 is 1.91 bits per heavy atom. The van der Waals surface area contributed by atoms with Gasteiger partial charge in [-0.25, -0.2) is 0 Å². The summed E-state index contributed by atoms with van der Waals surface area (Å²) in [5.74, 6) is -0.372. The van der Waals surface area contributed by atoms with Crippen LogP contribution < -0.4 is 0 Å². The van der Waals surface area contributed by atoms with Gasteiger partial charge in [-0.1, -0.05) is 33.5 Å². The molecule has 1 N–H and O–H groups in total. The number of carboxylic acid groups (broad SMARTS) is 1. The molecule has 0 rings (SSSR count). The predicted octanol–water partition coefficient (Wildman–Crippen LogP) is 1.42. The molecule has 0 spiro atoms. The van der Waals surface area contributed by atoms with Crippen molar-refractivity contribution in [3.05, 3.63) is 0 Å². The van der Waals surface area contributed by atoms with E-state index in [9.17, 15) is 4.79 Å². The van der Waals surface area contributed by atoms with Gasteiger partial charge < -0.3 is 5.11 Å². The molecule has 0 amide bonds. The highest BCUT2D eigenvalue weighted by Gasteiger charge is 2.27. The van der Waals surface area contributed by atoms with Crippen LogP contribution in [0, 0.1) is 0 Å². The van der Waals surface area contributed by atoms with Gasteiger partial charge in [-0.2, -0.15) is 0 Å². The summed E-state index contributed by atoms with van der Waals surface area (Å²) in [6.45, 7) is 7.42. The van der Waals surface area contributed by atoms with E-state index in [4.69, 9.17) is 5.11 Å². The number of carbonyl (C=O) groups is 1. The summed E-state index contributed by atoms with van der Waals surface area (Å²) in [6, 6.07) is 0. The van der Waals surface area contributed by atoms with E-state index < -0.39 is 11.3 Å². The van der Waals surface area contributed by atoms with Gasteiger partial charge in [0.25, 0.3) is 5.97 Å². The third kappa shape index (κ3) is 4.12. The van der Waals surface area contributed by atoms with Crippen molar-refractivity contribution in [2.24, 2.45) is 0 Å². The van der Waals surface area contributed by atoms with Gasteiger partial charge in [0.2, 0.25) is 0 Å². The van der Waals surface area contributed by atoms with Crippen molar-refractivity contribution in [2.45, 2.75) is 38.8 Å². The number of aliphatic carboxylic acids is 1. The van der Waals surface area contributed by atoms with Gasteiger partial charge in [0, 0.05) is 5.31 Å². The molecule has 2 radical (unpaired) electrons. The van der Waals surface area contributed by atoms with Crippen LogP contribution in [0.5, 0.6) is 0 Å². The van der Waals surface area contributed by atoms with Gasteiger partial charge in [-0.15, -0.1) is 0 Å². The van der Waals surface area contributed by atoms with E-state index in [1.165, 1.54) is 0 Å². The van der Waals surface area contributed by atoms with Crippen molar-refractivity contribution >= 4 is 20.3 Å². The molecule has 0 saturated heterocycles. The molecule has 60 valence electrons. The number of carboxylic acids is 1. The standard InChI is InChI=1S/C7H14B2O2/c1-5(2)8-9-7(3,4)6(10)11/h5H,1-4H3,(H,10,11). The van der Waals surface area contributed by atoms with Crippen molar-refractivity contribution in [1.29, 1.82) is 0 Å². The van der Waals surface area contributed by atoms with E-state index in [-0.39, 0.29) is 0 Å². The number of hydrogen-bond donors (Lipinski definition) is 1. The SMILES string of the molecule is CC(C)[B][B]C(C)(C)C(=O)O. The van der Waals surface area contributed by atoms with Gasteiger partial charge in [0.05, 0.1) is 14.3 Å². The lowest BCUT2D eigenvalue weighted by Crippen LogP contribution is -2.28. The Hall–Kier alpha value is -0.400. The van der Waals surface area contributed by atoms with E-state index >= 15 is 0 Å². The van der Waals surface area contributed by atoms with Crippen LogP contribution in [0.2, 0.25) is 11.1 Å². The summed E-state index contributed by atoms with van der Waals surface area (Å²) in [7, 11) is 3.65. The van der Waals surface area contributed by atoms with Crippen molar-refractivity contribution in [1.82, 2.24) is 0 Å². The Kier molecular flexibility index (Phi) is 3.70. The topological polar surface area (TPSA) is 37.3 Å². The molecule has 0 heterocycles. The van der Waals surface area contributed by atoms with Crippen LogP contribution in [-0.4, -0.2) is 25.4 Å². The summed E-state index contributed by atoms with van der Waals surface area (Å²) in [5, 5.41) is 7.97. The highest BCUT2D eigenvalue weighted by Crippen LogP contribution is 2.22. The Morgan fingerprint density at radius 1 is 1.45 bits per heavy atom. The Balaban J connectivity index is 3.83. The van der Waals surface area contributed by atoms with E-state index in [0.29, 0.717) is 5.82 Å². The predicted molar refractivity (Wildman–Crippen MR) is 48.3 cm³/mol. The second kappa shape index (κ2) is 3.84. The van der Waals surface area contributed by atoms with Gasteiger partial charge in [-0.05, 0) is 0 Å². The number of rotatable bonds is 4. The first kappa shape index (κ1) is 10.6. The lowest BCUT2D eigenvalue weighted by molar-refractivity contribution is -0.139. The van der Waals surface area contributed by atoms with Crippen LogP contribution in [0.3, 0.4) is 0 Å². The van der Waals surface area contributed by atoms with Gasteiger partial charge in [0.1, 0.15) is 0 Å². The first-order valence-corrected chi connectivity index (χ1v) is 3.79. The third-order valence-electron chi connectivity index (χ3n) is 1.45. The quantitative estimate of drug-likeness (QED) is 0.618. The molecular weight excluding hydrogens is 138 g/mol. The van der Waals surface area contributed by atoms with Crippen LogP contribution in [0.4, 0.5) is 0 Å². The fourth-order valence-electron chi connectivity index (χ4n) is 0.504. The van der Waals surface area contributed by atoms with Crippen LogP contribution in [-0.2, 0) is 4.79 Å². The minimum atomic E-state index is -0.783. The Morgan fingerprint density at radius 3 is 2.18 bits per heavy atom. The molecule has 2 nitrogen and oxygen atoms in total. The van der Waals surface area contributed by atoms with Crippen molar-refractivity contribution < 1.29 is 9.90 Å². The van der Waals surface area contributed by atoms with Crippen molar-refractivity contribution in [3.8, 4) is 0 Å². The summed E-state index contributed by atoms with van der Waals surface area (Å²) in [4.78, 5) is 10.6. The highest BCUT2D eigenvalue weighted by molar-refractivity contribution is 7.03. The van der Waals surface area contributed by atoms with E-state index in [2.05, 4.69) is 0 Å². The van der Waals surface area contributed by atoms with E-state index in [1.807, 2.05) is 21.0 Å². The summed E-state index contributed by atoms with van der Waals surface area (Å²) in [5.41, 5.74) is 0. The first-order chi connectivity index (χ1) is 4.86. The van der Waals surface area contributed by atoms with Crippen LogP contribution in [0.1, 0.15) is 27.7 Å². The zero-order valence-electron chi connectivity index (χ0n) is 7.59. The molecular formula is C7H14B2O2. The average molecular weight is 152 g/mol. The van der Waals surface area contributed by atoms with Gasteiger partial charge in [0.15, 0.2) is 0 Å². The average Bonchev–Trinajstić information content (AvgIpc) is 1.84. The van der Waals surface area contributed by atoms with Gasteiger partial charge >= 0.3 is 0 Å². The molecule has 0 aromatic carbocycles. The Labute approximate surface area is 69.8 Å². The normalized spacial score (nSPS) is 11.4. The molecule has 0 aromatic heterocycles. The Bertz CT molecular complexity index is 143. The molecule has 0 bridgehead atoms. The minimum Gasteiger partial charge on any atom is -0.481 e. The molecule has 11 heavy (non-hydrogen) atoms. The zero-order valence-corrected chi connectivity index (χ0v) is 7.59.